The fourth-order valence-electron chi connectivity index (χ4n) is 0.970. The molecule has 2 nitrogen and oxygen atoms in total. The standard InChI is InChI=1S/C10H14FNO.ClH/c1-12-7-2-8-13-10-5-3-9(11)4-6-10;/h3-6,12H,2,7-8H2,1H3;1H. The lowest BCUT2D eigenvalue weighted by molar-refractivity contribution is 0.309. The summed E-state index contributed by atoms with van der Waals surface area (Å²) >= 11 is 0. The predicted molar refractivity (Wildman–Crippen MR) is 57.7 cm³/mol. The van der Waals surface area contributed by atoms with Crippen LogP contribution >= 0.6 is 12.4 Å². The molecule has 1 N–H and O–H groups in total. The molecule has 0 fully saturated rings. The van der Waals surface area contributed by atoms with Gasteiger partial charge in [0.05, 0.1) is 6.61 Å². The van der Waals surface area contributed by atoms with Crippen LogP contribution in [0.5, 0.6) is 5.75 Å². The molecule has 0 heterocycles. The van der Waals surface area contributed by atoms with Crippen LogP contribution in [-0.2, 0) is 0 Å². The van der Waals surface area contributed by atoms with Crippen molar-refractivity contribution in [2.75, 3.05) is 20.2 Å². The van der Waals surface area contributed by atoms with E-state index < -0.39 is 0 Å². The van der Waals surface area contributed by atoms with Gasteiger partial charge in [0.2, 0.25) is 0 Å². The van der Waals surface area contributed by atoms with E-state index in [9.17, 15) is 4.39 Å². The molecule has 0 saturated carbocycles. The van der Waals surface area contributed by atoms with Gasteiger partial charge in [-0.05, 0) is 44.3 Å². The Labute approximate surface area is 89.9 Å². The second-order valence-corrected chi connectivity index (χ2v) is 2.76. The van der Waals surface area contributed by atoms with Crippen LogP contribution in [-0.4, -0.2) is 20.2 Å². The summed E-state index contributed by atoms with van der Waals surface area (Å²) < 4.78 is 17.8. The van der Waals surface area contributed by atoms with Gasteiger partial charge in [-0.1, -0.05) is 0 Å². The van der Waals surface area contributed by atoms with Gasteiger partial charge in [0, 0.05) is 0 Å². The van der Waals surface area contributed by atoms with Gasteiger partial charge in [0.1, 0.15) is 11.6 Å². The fourth-order valence-corrected chi connectivity index (χ4v) is 0.970. The summed E-state index contributed by atoms with van der Waals surface area (Å²) in [5.41, 5.74) is 0. The van der Waals surface area contributed by atoms with Crippen LogP contribution in [0.15, 0.2) is 24.3 Å². The molecule has 1 aromatic carbocycles. The molecule has 80 valence electrons. The molecule has 14 heavy (non-hydrogen) atoms. The van der Waals surface area contributed by atoms with Crippen molar-refractivity contribution in [2.45, 2.75) is 6.42 Å². The number of ether oxygens (including phenoxy) is 1. The Hall–Kier alpha value is -0.800. The van der Waals surface area contributed by atoms with Crippen LogP contribution in [0.1, 0.15) is 6.42 Å². The van der Waals surface area contributed by atoms with E-state index in [1.165, 1.54) is 12.1 Å². The zero-order chi connectivity index (χ0) is 9.52. The summed E-state index contributed by atoms with van der Waals surface area (Å²) in [6.45, 7) is 1.59. The molecule has 0 radical (unpaired) electrons. The number of hydrogen-bond donors (Lipinski definition) is 1. The van der Waals surface area contributed by atoms with Crippen molar-refractivity contribution in [3.8, 4) is 5.75 Å². The molecule has 0 saturated heterocycles. The molecule has 0 atom stereocenters. The van der Waals surface area contributed by atoms with Crippen molar-refractivity contribution >= 4 is 12.4 Å². The minimum Gasteiger partial charge on any atom is -0.494 e. The van der Waals surface area contributed by atoms with Gasteiger partial charge in [-0.3, -0.25) is 0 Å². The third-order valence-electron chi connectivity index (χ3n) is 1.65. The first-order valence-corrected chi connectivity index (χ1v) is 4.36. The molecule has 1 rings (SSSR count). The lowest BCUT2D eigenvalue weighted by atomic mass is 10.3. The van der Waals surface area contributed by atoms with Crippen LogP contribution < -0.4 is 10.1 Å². The van der Waals surface area contributed by atoms with Gasteiger partial charge < -0.3 is 10.1 Å². The molecule has 0 aliphatic rings. The molecular formula is C10H15ClFNO. The predicted octanol–water partition coefficient (Wildman–Crippen LogP) is 2.24. The second kappa shape index (κ2) is 7.59. The van der Waals surface area contributed by atoms with Gasteiger partial charge in [-0.25, -0.2) is 4.39 Å². The van der Waals surface area contributed by atoms with E-state index in [2.05, 4.69) is 5.32 Å². The minimum absolute atomic E-state index is 0. The van der Waals surface area contributed by atoms with E-state index >= 15 is 0 Å². The maximum absolute atomic E-state index is 12.5. The highest BCUT2D eigenvalue weighted by molar-refractivity contribution is 5.85. The fraction of sp³-hybridized carbons (Fsp3) is 0.400. The van der Waals surface area contributed by atoms with Gasteiger partial charge >= 0.3 is 0 Å². The summed E-state index contributed by atoms with van der Waals surface area (Å²) in [4.78, 5) is 0. The Bertz CT molecular complexity index is 240. The Morgan fingerprint density at radius 1 is 1.29 bits per heavy atom. The molecule has 0 amide bonds. The lowest BCUT2D eigenvalue weighted by Gasteiger charge is -2.04. The van der Waals surface area contributed by atoms with Crippen LogP contribution in [0, 0.1) is 5.82 Å². The largest absolute Gasteiger partial charge is 0.494 e. The lowest BCUT2D eigenvalue weighted by Crippen LogP contribution is -2.11. The molecule has 0 aliphatic carbocycles. The summed E-state index contributed by atoms with van der Waals surface area (Å²) in [6.07, 6.45) is 0.952. The second-order valence-electron chi connectivity index (χ2n) is 2.76. The van der Waals surface area contributed by atoms with Crippen molar-refractivity contribution in [1.82, 2.24) is 5.32 Å². The van der Waals surface area contributed by atoms with Crippen molar-refractivity contribution < 1.29 is 9.13 Å². The first-order chi connectivity index (χ1) is 6.33. The minimum atomic E-state index is -0.234. The van der Waals surface area contributed by atoms with Crippen LogP contribution in [0.4, 0.5) is 4.39 Å². The number of halogens is 2. The first-order valence-electron chi connectivity index (χ1n) is 4.36. The summed E-state index contributed by atoms with van der Waals surface area (Å²) in [7, 11) is 1.90. The highest BCUT2D eigenvalue weighted by Crippen LogP contribution is 2.10. The first kappa shape index (κ1) is 13.2. The van der Waals surface area contributed by atoms with E-state index in [0.717, 1.165) is 18.7 Å². The van der Waals surface area contributed by atoms with Crippen molar-refractivity contribution in [2.24, 2.45) is 0 Å². The topological polar surface area (TPSA) is 21.3 Å². The Morgan fingerprint density at radius 3 is 2.50 bits per heavy atom. The van der Waals surface area contributed by atoms with Crippen LogP contribution in [0.2, 0.25) is 0 Å². The van der Waals surface area contributed by atoms with Crippen molar-refractivity contribution in [3.05, 3.63) is 30.1 Å². The maximum atomic E-state index is 12.5. The smallest absolute Gasteiger partial charge is 0.123 e. The summed E-state index contributed by atoms with van der Waals surface area (Å²) in [5, 5.41) is 3.02. The van der Waals surface area contributed by atoms with Gasteiger partial charge in [-0.2, -0.15) is 0 Å². The Morgan fingerprint density at radius 2 is 1.93 bits per heavy atom. The van der Waals surface area contributed by atoms with Crippen LogP contribution in [0.25, 0.3) is 0 Å². The quantitative estimate of drug-likeness (QED) is 0.767. The van der Waals surface area contributed by atoms with Gasteiger partial charge in [0.15, 0.2) is 0 Å². The normalized spacial score (nSPS) is 9.29. The monoisotopic (exact) mass is 219 g/mol. The number of hydrogen-bond acceptors (Lipinski definition) is 2. The van der Waals surface area contributed by atoms with E-state index in [1.54, 1.807) is 12.1 Å². The zero-order valence-corrected chi connectivity index (χ0v) is 8.94. The summed E-state index contributed by atoms with van der Waals surface area (Å²) in [6, 6.07) is 6.06. The van der Waals surface area contributed by atoms with E-state index in [0.29, 0.717) is 6.61 Å². The van der Waals surface area contributed by atoms with Crippen molar-refractivity contribution in [3.63, 3.8) is 0 Å². The SMILES string of the molecule is CNCCCOc1ccc(F)cc1.Cl. The highest BCUT2D eigenvalue weighted by atomic mass is 35.5. The number of benzene rings is 1. The molecule has 4 heteroatoms. The van der Waals surface area contributed by atoms with E-state index in [1.807, 2.05) is 7.05 Å². The van der Waals surface area contributed by atoms with Crippen molar-refractivity contribution in [1.29, 1.82) is 0 Å². The molecule has 1 aromatic rings. The molecule has 0 aromatic heterocycles. The zero-order valence-electron chi connectivity index (χ0n) is 8.13. The van der Waals surface area contributed by atoms with Gasteiger partial charge in [0.25, 0.3) is 0 Å². The van der Waals surface area contributed by atoms with E-state index in [-0.39, 0.29) is 18.2 Å². The third kappa shape index (κ3) is 5.04. The van der Waals surface area contributed by atoms with Gasteiger partial charge in [-0.15, -0.1) is 12.4 Å². The van der Waals surface area contributed by atoms with Crippen LogP contribution in [0.3, 0.4) is 0 Å². The van der Waals surface area contributed by atoms with E-state index in [4.69, 9.17) is 4.74 Å². The molecule has 0 aliphatic heterocycles. The summed E-state index contributed by atoms with van der Waals surface area (Å²) in [5.74, 6) is 0.486. The molecule has 0 unspecified atom stereocenters. The molecular weight excluding hydrogens is 205 g/mol. The molecule has 0 bridgehead atoms. The number of rotatable bonds is 5. The maximum Gasteiger partial charge on any atom is 0.123 e. The Balaban J connectivity index is 0.00000169. The molecule has 0 spiro atoms. The Kier molecular flexibility index (Phi) is 7.16. The number of nitrogens with one attached hydrogen (secondary N) is 1. The average Bonchev–Trinajstić information content (AvgIpc) is 2.15. The average molecular weight is 220 g/mol. The highest BCUT2D eigenvalue weighted by Gasteiger charge is 1.93. The third-order valence-corrected chi connectivity index (χ3v) is 1.65.